The van der Waals surface area contributed by atoms with Crippen LogP contribution in [0.25, 0.3) is 10.2 Å². The average Bonchev–Trinajstić information content (AvgIpc) is 3.01. The van der Waals surface area contributed by atoms with Crippen LogP contribution in [0.4, 0.5) is 5.69 Å². The van der Waals surface area contributed by atoms with Crippen LogP contribution in [0.5, 0.6) is 0 Å². The average molecular weight is 500 g/mol. The normalized spacial score (nSPS) is 11.7. The van der Waals surface area contributed by atoms with E-state index in [-0.39, 0.29) is 25.5 Å². The molecule has 0 atom stereocenters. The van der Waals surface area contributed by atoms with Gasteiger partial charge in [-0.05, 0) is 48.0 Å². The fourth-order valence-electron chi connectivity index (χ4n) is 2.92. The van der Waals surface area contributed by atoms with E-state index in [1.165, 1.54) is 18.2 Å². The maximum Gasteiger partial charge on any atom is 0.308 e. The summed E-state index contributed by atoms with van der Waals surface area (Å²) in [6.07, 6.45) is 0. The summed E-state index contributed by atoms with van der Waals surface area (Å²) in [5.74, 6) is 0. The van der Waals surface area contributed by atoms with Gasteiger partial charge in [-0.25, -0.2) is 8.42 Å². The second-order valence-corrected chi connectivity index (χ2v) is 10.3. The maximum atomic E-state index is 12.8. The van der Waals surface area contributed by atoms with Crippen LogP contribution in [0.2, 0.25) is 15.1 Å². The van der Waals surface area contributed by atoms with E-state index in [0.717, 1.165) is 16.9 Å². The van der Waals surface area contributed by atoms with Gasteiger partial charge in [0, 0.05) is 5.02 Å². The van der Waals surface area contributed by atoms with E-state index in [9.17, 15) is 13.2 Å². The van der Waals surface area contributed by atoms with E-state index in [2.05, 4.69) is 4.72 Å². The van der Waals surface area contributed by atoms with Crippen LogP contribution in [0, 0.1) is 0 Å². The fraction of sp³-hybridized carbons (Fsp3) is 0.0500. The first-order valence-corrected chi connectivity index (χ1v) is 12.0. The van der Waals surface area contributed by atoms with E-state index in [1.807, 2.05) is 12.1 Å². The summed E-state index contributed by atoms with van der Waals surface area (Å²) in [5, 5.41) is 0.968. The first kappa shape index (κ1) is 21.2. The highest BCUT2D eigenvalue weighted by atomic mass is 35.5. The van der Waals surface area contributed by atoms with Crippen molar-refractivity contribution in [2.45, 2.75) is 11.4 Å². The largest absolute Gasteiger partial charge is 0.308 e. The number of hydrogen-bond acceptors (Lipinski definition) is 4. The van der Waals surface area contributed by atoms with Gasteiger partial charge in [-0.3, -0.25) is 14.1 Å². The number of nitrogens with zero attached hydrogens (tertiary/aromatic N) is 1. The molecule has 3 aromatic carbocycles. The highest BCUT2D eigenvalue weighted by molar-refractivity contribution is 7.92. The number of fused-ring (bicyclic) bond motifs is 1. The quantitative estimate of drug-likeness (QED) is 0.373. The Morgan fingerprint density at radius 1 is 0.967 bits per heavy atom. The molecule has 10 heteroatoms. The van der Waals surface area contributed by atoms with Crippen LogP contribution in [-0.4, -0.2) is 13.0 Å². The van der Waals surface area contributed by atoms with E-state index in [0.29, 0.717) is 21.8 Å². The second-order valence-electron chi connectivity index (χ2n) is 6.42. The summed E-state index contributed by atoms with van der Waals surface area (Å²) in [4.78, 5) is 12.3. The summed E-state index contributed by atoms with van der Waals surface area (Å²) in [6.45, 7) is 0.360. The van der Waals surface area contributed by atoms with Gasteiger partial charge in [0.25, 0.3) is 10.0 Å². The van der Waals surface area contributed by atoms with E-state index >= 15 is 0 Å². The van der Waals surface area contributed by atoms with Gasteiger partial charge in [-0.15, -0.1) is 0 Å². The van der Waals surface area contributed by atoms with Crippen molar-refractivity contribution in [1.29, 1.82) is 0 Å². The number of thiazole rings is 1. The Labute approximate surface area is 191 Å². The molecule has 154 valence electrons. The molecule has 0 saturated carbocycles. The molecule has 0 radical (unpaired) electrons. The van der Waals surface area contributed by atoms with Crippen LogP contribution in [0.3, 0.4) is 0 Å². The zero-order chi connectivity index (χ0) is 21.5. The molecule has 0 unspecified atom stereocenters. The topological polar surface area (TPSA) is 68.2 Å². The number of anilines is 1. The van der Waals surface area contributed by atoms with Crippen molar-refractivity contribution < 1.29 is 8.42 Å². The molecule has 0 spiro atoms. The molecule has 0 aliphatic rings. The molecule has 0 aliphatic carbocycles. The third-order valence-electron chi connectivity index (χ3n) is 4.40. The zero-order valence-corrected chi connectivity index (χ0v) is 19.0. The van der Waals surface area contributed by atoms with Gasteiger partial charge in [-0.1, -0.05) is 64.3 Å². The maximum absolute atomic E-state index is 12.8. The van der Waals surface area contributed by atoms with Crippen molar-refractivity contribution in [2.75, 3.05) is 4.72 Å². The fourth-order valence-corrected chi connectivity index (χ4v) is 5.55. The Morgan fingerprint density at radius 3 is 2.43 bits per heavy atom. The standard InChI is InChI=1S/C20H13Cl3N2O3S2/c21-13-6-4-12(5-7-13)11-25-17-9-8-14(10-18(17)29-20(25)26)30(27,28)24-16-3-1-2-15(22)19(16)23/h1-10,24H,11H2. The Hall–Kier alpha value is -2.03. The first-order chi connectivity index (χ1) is 14.2. The van der Waals surface area contributed by atoms with Gasteiger partial charge in [0.1, 0.15) is 0 Å². The van der Waals surface area contributed by atoms with Crippen molar-refractivity contribution in [3.05, 3.63) is 91.0 Å². The number of rotatable bonds is 5. The molecule has 0 saturated heterocycles. The molecule has 0 aliphatic heterocycles. The predicted octanol–water partition coefficient (Wildman–Crippen LogP) is 5.87. The van der Waals surface area contributed by atoms with Crippen molar-refractivity contribution in [3.63, 3.8) is 0 Å². The van der Waals surface area contributed by atoms with Crippen LogP contribution in [0.1, 0.15) is 5.56 Å². The molecule has 1 N–H and O–H groups in total. The van der Waals surface area contributed by atoms with E-state index in [4.69, 9.17) is 34.8 Å². The summed E-state index contributed by atoms with van der Waals surface area (Å²) in [7, 11) is -3.92. The number of sulfonamides is 1. The first-order valence-electron chi connectivity index (χ1n) is 8.59. The Kier molecular flexibility index (Phi) is 5.83. The Morgan fingerprint density at radius 2 is 1.70 bits per heavy atom. The lowest BCUT2D eigenvalue weighted by atomic mass is 10.2. The molecule has 1 aromatic heterocycles. The number of hydrogen-bond donors (Lipinski definition) is 1. The van der Waals surface area contributed by atoms with Crippen LogP contribution in [-0.2, 0) is 16.6 Å². The molecule has 30 heavy (non-hydrogen) atoms. The Balaban J connectivity index is 1.69. The van der Waals surface area contributed by atoms with Gasteiger partial charge in [-0.2, -0.15) is 0 Å². The molecular weight excluding hydrogens is 487 g/mol. The van der Waals surface area contributed by atoms with Gasteiger partial charge >= 0.3 is 4.87 Å². The zero-order valence-electron chi connectivity index (χ0n) is 15.1. The number of nitrogens with one attached hydrogen (secondary N) is 1. The molecule has 0 fully saturated rings. The highest BCUT2D eigenvalue weighted by Crippen LogP contribution is 2.32. The lowest BCUT2D eigenvalue weighted by Crippen LogP contribution is -2.14. The van der Waals surface area contributed by atoms with Crippen molar-refractivity contribution >= 4 is 72.1 Å². The lowest BCUT2D eigenvalue weighted by Gasteiger charge is -2.11. The van der Waals surface area contributed by atoms with Gasteiger partial charge < -0.3 is 0 Å². The summed E-state index contributed by atoms with van der Waals surface area (Å²) in [6, 6.07) is 16.4. The number of halogens is 3. The van der Waals surface area contributed by atoms with Crippen LogP contribution >= 0.6 is 46.1 Å². The van der Waals surface area contributed by atoms with Gasteiger partial charge in [0.2, 0.25) is 0 Å². The molecule has 0 bridgehead atoms. The number of benzene rings is 3. The minimum Gasteiger partial charge on any atom is -0.294 e. The monoisotopic (exact) mass is 498 g/mol. The Bertz CT molecular complexity index is 1410. The molecular formula is C20H13Cl3N2O3S2. The summed E-state index contributed by atoms with van der Waals surface area (Å²) >= 11 is 18.9. The van der Waals surface area contributed by atoms with Gasteiger partial charge in [0.05, 0.1) is 37.4 Å². The SMILES string of the molecule is O=c1sc2cc(S(=O)(=O)Nc3cccc(Cl)c3Cl)ccc2n1Cc1ccc(Cl)cc1. The van der Waals surface area contributed by atoms with Crippen molar-refractivity contribution in [2.24, 2.45) is 0 Å². The highest BCUT2D eigenvalue weighted by Gasteiger charge is 2.19. The third-order valence-corrected chi connectivity index (χ3v) is 7.78. The van der Waals surface area contributed by atoms with Crippen LogP contribution < -0.4 is 9.60 Å². The molecule has 1 heterocycles. The van der Waals surface area contributed by atoms with E-state index in [1.54, 1.807) is 34.9 Å². The summed E-state index contributed by atoms with van der Waals surface area (Å²) < 4.78 is 30.2. The van der Waals surface area contributed by atoms with Crippen LogP contribution in [0.15, 0.2) is 70.4 Å². The lowest BCUT2D eigenvalue weighted by molar-refractivity contribution is 0.601. The molecule has 4 aromatic rings. The third kappa shape index (κ3) is 4.22. The molecule has 4 rings (SSSR count). The summed E-state index contributed by atoms with van der Waals surface area (Å²) in [5.41, 5.74) is 1.74. The minimum atomic E-state index is -3.92. The second kappa shape index (κ2) is 8.24. The minimum absolute atomic E-state index is 0.0194. The smallest absolute Gasteiger partial charge is 0.294 e. The van der Waals surface area contributed by atoms with Crippen molar-refractivity contribution in [3.8, 4) is 0 Å². The van der Waals surface area contributed by atoms with Gasteiger partial charge in [0.15, 0.2) is 0 Å². The van der Waals surface area contributed by atoms with E-state index < -0.39 is 10.0 Å². The number of aromatic nitrogens is 1. The molecule has 0 amide bonds. The predicted molar refractivity (Wildman–Crippen MR) is 124 cm³/mol. The molecule has 5 nitrogen and oxygen atoms in total. The van der Waals surface area contributed by atoms with Crippen molar-refractivity contribution in [1.82, 2.24) is 4.57 Å².